The van der Waals surface area contributed by atoms with Crippen molar-refractivity contribution in [2.24, 2.45) is 11.8 Å². The van der Waals surface area contributed by atoms with Crippen LogP contribution in [0.2, 0.25) is 0 Å². The number of H-pyrrole nitrogens is 1. The number of aromatic nitrogens is 3. The highest BCUT2D eigenvalue weighted by Crippen LogP contribution is 2.39. The van der Waals surface area contributed by atoms with Crippen LogP contribution in [0.15, 0.2) is 6.20 Å². The monoisotopic (exact) mass is 250 g/mol. The molecule has 1 heterocycles. The molecule has 0 bridgehead atoms. The van der Waals surface area contributed by atoms with Crippen LogP contribution in [0.1, 0.15) is 64.1 Å². The van der Waals surface area contributed by atoms with E-state index in [1.165, 1.54) is 32.1 Å². The molecule has 1 aliphatic carbocycles. The number of hydrogen-bond donors (Lipinski definition) is 2. The summed E-state index contributed by atoms with van der Waals surface area (Å²) in [6.07, 6.45) is 9.80. The minimum atomic E-state index is 0.383. The SMILES string of the molecule is CCCNC(c1cn[nH]n1)C1CCCCC1CC. The van der Waals surface area contributed by atoms with Crippen molar-refractivity contribution in [2.45, 2.75) is 58.4 Å². The fourth-order valence-corrected chi connectivity index (χ4v) is 3.32. The largest absolute Gasteiger partial charge is 0.308 e. The van der Waals surface area contributed by atoms with Gasteiger partial charge >= 0.3 is 0 Å². The molecule has 0 saturated heterocycles. The van der Waals surface area contributed by atoms with E-state index in [1.807, 2.05) is 6.20 Å². The first-order valence-electron chi connectivity index (χ1n) is 7.45. The minimum absolute atomic E-state index is 0.383. The zero-order chi connectivity index (χ0) is 12.8. The quantitative estimate of drug-likeness (QED) is 0.816. The molecule has 3 unspecified atom stereocenters. The van der Waals surface area contributed by atoms with Gasteiger partial charge in [-0.2, -0.15) is 15.4 Å². The van der Waals surface area contributed by atoms with E-state index in [9.17, 15) is 0 Å². The van der Waals surface area contributed by atoms with Crippen LogP contribution in [0.5, 0.6) is 0 Å². The molecule has 1 aromatic heterocycles. The van der Waals surface area contributed by atoms with E-state index in [2.05, 4.69) is 34.6 Å². The van der Waals surface area contributed by atoms with E-state index in [1.54, 1.807) is 0 Å². The number of rotatable bonds is 6. The lowest BCUT2D eigenvalue weighted by molar-refractivity contribution is 0.173. The average molecular weight is 250 g/mol. The molecule has 1 aromatic rings. The maximum absolute atomic E-state index is 4.31. The zero-order valence-corrected chi connectivity index (χ0v) is 11.7. The molecule has 2 rings (SSSR count). The van der Waals surface area contributed by atoms with Crippen LogP contribution in [0, 0.1) is 11.8 Å². The van der Waals surface area contributed by atoms with Crippen LogP contribution >= 0.6 is 0 Å². The van der Waals surface area contributed by atoms with E-state index in [0.29, 0.717) is 6.04 Å². The van der Waals surface area contributed by atoms with E-state index in [4.69, 9.17) is 0 Å². The predicted molar refractivity (Wildman–Crippen MR) is 73.2 cm³/mol. The van der Waals surface area contributed by atoms with Gasteiger partial charge in [-0.1, -0.05) is 39.5 Å². The third-order valence-corrected chi connectivity index (χ3v) is 4.29. The molecular formula is C14H26N4. The Morgan fingerprint density at radius 3 is 2.89 bits per heavy atom. The van der Waals surface area contributed by atoms with Crippen LogP contribution in [0.3, 0.4) is 0 Å². The Bertz CT molecular complexity index is 323. The van der Waals surface area contributed by atoms with Crippen LogP contribution in [-0.2, 0) is 0 Å². The number of nitrogens with one attached hydrogen (secondary N) is 2. The van der Waals surface area contributed by atoms with Gasteiger partial charge in [0.1, 0.15) is 0 Å². The van der Waals surface area contributed by atoms with Crippen molar-refractivity contribution >= 4 is 0 Å². The molecule has 18 heavy (non-hydrogen) atoms. The summed E-state index contributed by atoms with van der Waals surface area (Å²) in [5, 5.41) is 14.7. The third kappa shape index (κ3) is 3.10. The van der Waals surface area contributed by atoms with Gasteiger partial charge in [0.25, 0.3) is 0 Å². The molecule has 2 N–H and O–H groups in total. The second kappa shape index (κ2) is 6.88. The summed E-state index contributed by atoms with van der Waals surface area (Å²) >= 11 is 0. The van der Waals surface area contributed by atoms with Gasteiger partial charge in [-0.15, -0.1) is 0 Å². The van der Waals surface area contributed by atoms with Crippen molar-refractivity contribution in [1.82, 2.24) is 20.7 Å². The van der Waals surface area contributed by atoms with Crippen molar-refractivity contribution in [3.8, 4) is 0 Å². The molecule has 4 nitrogen and oxygen atoms in total. The minimum Gasteiger partial charge on any atom is -0.308 e. The summed E-state index contributed by atoms with van der Waals surface area (Å²) in [7, 11) is 0. The van der Waals surface area contributed by atoms with Gasteiger partial charge in [-0.25, -0.2) is 0 Å². The van der Waals surface area contributed by atoms with Crippen molar-refractivity contribution in [2.75, 3.05) is 6.54 Å². The summed E-state index contributed by atoms with van der Waals surface area (Å²) < 4.78 is 0. The Morgan fingerprint density at radius 1 is 1.39 bits per heavy atom. The molecule has 0 radical (unpaired) electrons. The molecule has 0 aromatic carbocycles. The lowest BCUT2D eigenvalue weighted by atomic mass is 9.73. The average Bonchev–Trinajstić information content (AvgIpc) is 2.94. The summed E-state index contributed by atoms with van der Waals surface area (Å²) in [5.74, 6) is 1.56. The zero-order valence-electron chi connectivity index (χ0n) is 11.7. The van der Waals surface area contributed by atoms with E-state index >= 15 is 0 Å². The smallest absolute Gasteiger partial charge is 0.0996 e. The van der Waals surface area contributed by atoms with Crippen molar-refractivity contribution < 1.29 is 0 Å². The molecule has 1 fully saturated rings. The second-order valence-corrected chi connectivity index (χ2v) is 5.44. The Balaban J connectivity index is 2.11. The fraction of sp³-hybridized carbons (Fsp3) is 0.857. The maximum Gasteiger partial charge on any atom is 0.0996 e. The van der Waals surface area contributed by atoms with Gasteiger partial charge in [0, 0.05) is 0 Å². The lowest BCUT2D eigenvalue weighted by Crippen LogP contribution is -2.35. The summed E-state index contributed by atoms with van der Waals surface area (Å²) in [6.45, 7) is 5.60. The molecule has 102 valence electrons. The maximum atomic E-state index is 4.31. The molecule has 0 spiro atoms. The van der Waals surface area contributed by atoms with Gasteiger partial charge < -0.3 is 5.32 Å². The molecule has 3 atom stereocenters. The Hall–Kier alpha value is -0.900. The molecule has 0 aliphatic heterocycles. The molecule has 4 heteroatoms. The summed E-state index contributed by atoms with van der Waals surface area (Å²) in [6, 6.07) is 0.383. The topological polar surface area (TPSA) is 53.6 Å². The predicted octanol–water partition coefficient (Wildman–Crippen LogP) is 3.06. The van der Waals surface area contributed by atoms with Crippen molar-refractivity contribution in [3.63, 3.8) is 0 Å². The first kappa shape index (κ1) is 13.5. The van der Waals surface area contributed by atoms with Crippen LogP contribution in [0.4, 0.5) is 0 Å². The van der Waals surface area contributed by atoms with Crippen molar-refractivity contribution in [3.05, 3.63) is 11.9 Å². The summed E-state index contributed by atoms with van der Waals surface area (Å²) in [4.78, 5) is 0. The van der Waals surface area contributed by atoms with Gasteiger partial charge in [-0.05, 0) is 31.2 Å². The molecule has 1 aliphatic rings. The Morgan fingerprint density at radius 2 is 2.22 bits per heavy atom. The molecule has 0 amide bonds. The Kier molecular flexibility index (Phi) is 5.17. The van der Waals surface area contributed by atoms with Crippen molar-refractivity contribution in [1.29, 1.82) is 0 Å². The van der Waals surface area contributed by atoms with Crippen LogP contribution in [-0.4, -0.2) is 22.0 Å². The second-order valence-electron chi connectivity index (χ2n) is 5.44. The number of aromatic amines is 1. The van der Waals surface area contributed by atoms with E-state index in [-0.39, 0.29) is 0 Å². The highest BCUT2D eigenvalue weighted by molar-refractivity contribution is 5.04. The van der Waals surface area contributed by atoms with Crippen LogP contribution < -0.4 is 5.32 Å². The van der Waals surface area contributed by atoms with Gasteiger partial charge in [0.2, 0.25) is 0 Å². The molecular weight excluding hydrogens is 224 g/mol. The van der Waals surface area contributed by atoms with Gasteiger partial charge in [-0.3, -0.25) is 0 Å². The van der Waals surface area contributed by atoms with E-state index < -0.39 is 0 Å². The standard InChI is InChI=1S/C14H26N4/c1-3-9-15-14(13-10-16-18-17-13)12-8-6-5-7-11(12)4-2/h10-12,14-15H,3-9H2,1-2H3,(H,16,17,18). The highest BCUT2D eigenvalue weighted by atomic mass is 15.3. The highest BCUT2D eigenvalue weighted by Gasteiger charge is 2.32. The lowest BCUT2D eigenvalue weighted by Gasteiger charge is -2.36. The molecule has 1 saturated carbocycles. The Labute approximate surface area is 110 Å². The number of hydrogen-bond acceptors (Lipinski definition) is 3. The normalized spacial score (nSPS) is 26.1. The fourth-order valence-electron chi connectivity index (χ4n) is 3.32. The summed E-state index contributed by atoms with van der Waals surface area (Å²) in [5.41, 5.74) is 1.09. The van der Waals surface area contributed by atoms with Gasteiger partial charge in [0.15, 0.2) is 0 Å². The number of nitrogens with zero attached hydrogens (tertiary/aromatic N) is 2. The third-order valence-electron chi connectivity index (χ3n) is 4.29. The first-order valence-corrected chi connectivity index (χ1v) is 7.45. The van der Waals surface area contributed by atoms with Gasteiger partial charge in [0.05, 0.1) is 17.9 Å². The first-order chi connectivity index (χ1) is 8.86. The van der Waals surface area contributed by atoms with E-state index in [0.717, 1.165) is 30.5 Å². The van der Waals surface area contributed by atoms with Crippen LogP contribution in [0.25, 0.3) is 0 Å².